The Morgan fingerprint density at radius 2 is 1.64 bits per heavy atom. The van der Waals surface area contributed by atoms with Gasteiger partial charge in [-0.15, -0.1) is 0 Å². The first-order chi connectivity index (χ1) is 6.38. The first-order valence-electron chi connectivity index (χ1n) is 4.15. The van der Waals surface area contributed by atoms with Crippen molar-refractivity contribution < 1.29 is 18.3 Å². The Kier molecular flexibility index (Phi) is 2.85. The first-order valence-corrected chi connectivity index (χ1v) is 4.15. The van der Waals surface area contributed by atoms with Crippen LogP contribution in [0.25, 0.3) is 0 Å². The van der Waals surface area contributed by atoms with E-state index in [0.717, 1.165) is 0 Å². The number of alkyl halides is 3. The molecule has 1 nitrogen and oxygen atoms in total. The zero-order valence-electron chi connectivity index (χ0n) is 7.94. The molecule has 0 fully saturated rings. The molecule has 14 heavy (non-hydrogen) atoms. The summed E-state index contributed by atoms with van der Waals surface area (Å²) in [6.07, 6.45) is -4.39. The van der Waals surface area contributed by atoms with E-state index < -0.39 is 18.3 Å². The van der Waals surface area contributed by atoms with Crippen LogP contribution in [0.2, 0.25) is 0 Å². The van der Waals surface area contributed by atoms with Crippen molar-refractivity contribution >= 4 is 0 Å². The number of rotatable bonds is 1. The molecule has 0 heterocycles. The molecule has 1 aromatic carbocycles. The number of benzene rings is 1. The maximum atomic E-state index is 12.6. The van der Waals surface area contributed by atoms with Gasteiger partial charge in [-0.1, -0.05) is 12.1 Å². The monoisotopic (exact) mass is 204 g/mol. The van der Waals surface area contributed by atoms with Gasteiger partial charge in [0.05, 0.1) is 12.2 Å². The Morgan fingerprint density at radius 3 is 2.00 bits per heavy atom. The first kappa shape index (κ1) is 11.0. The predicted octanol–water partition coefficient (Wildman–Crippen LogP) is 2.81. The molecule has 0 spiro atoms. The highest BCUT2D eigenvalue weighted by molar-refractivity contribution is 5.41. The number of aryl methyl sites for hydroxylation is 2. The highest BCUT2D eigenvalue weighted by atomic mass is 19.4. The molecule has 0 atom stereocenters. The van der Waals surface area contributed by atoms with Crippen molar-refractivity contribution in [1.29, 1.82) is 0 Å². The van der Waals surface area contributed by atoms with E-state index >= 15 is 0 Å². The van der Waals surface area contributed by atoms with Crippen molar-refractivity contribution in [3.8, 4) is 0 Å². The van der Waals surface area contributed by atoms with E-state index in [1.54, 1.807) is 13.0 Å². The van der Waals surface area contributed by atoms with Gasteiger partial charge in [0.1, 0.15) is 0 Å². The number of halogens is 3. The summed E-state index contributed by atoms with van der Waals surface area (Å²) in [4.78, 5) is 0. The SMILES string of the molecule is Cc1ccc(C)c(C(F)(F)F)c1CO. The summed E-state index contributed by atoms with van der Waals surface area (Å²) in [5, 5.41) is 8.89. The summed E-state index contributed by atoms with van der Waals surface area (Å²) in [7, 11) is 0. The van der Waals surface area contributed by atoms with Crippen LogP contribution in [0, 0.1) is 13.8 Å². The van der Waals surface area contributed by atoms with Gasteiger partial charge < -0.3 is 5.11 Å². The van der Waals surface area contributed by atoms with Gasteiger partial charge in [0.15, 0.2) is 0 Å². The Hall–Kier alpha value is -1.03. The molecule has 0 bridgehead atoms. The van der Waals surface area contributed by atoms with Crippen LogP contribution in [0.3, 0.4) is 0 Å². The molecule has 0 saturated heterocycles. The fourth-order valence-electron chi connectivity index (χ4n) is 1.47. The van der Waals surface area contributed by atoms with Gasteiger partial charge in [-0.2, -0.15) is 13.2 Å². The van der Waals surface area contributed by atoms with E-state index in [1.807, 2.05) is 0 Å². The second-order valence-corrected chi connectivity index (χ2v) is 3.21. The lowest BCUT2D eigenvalue weighted by Crippen LogP contribution is -2.12. The molecule has 0 aliphatic rings. The third-order valence-corrected chi connectivity index (χ3v) is 2.20. The molecule has 0 radical (unpaired) electrons. The maximum absolute atomic E-state index is 12.6. The Bertz CT molecular complexity index is 342. The molecule has 1 N–H and O–H groups in total. The largest absolute Gasteiger partial charge is 0.417 e. The number of aliphatic hydroxyl groups excluding tert-OH is 1. The van der Waals surface area contributed by atoms with E-state index in [2.05, 4.69) is 0 Å². The highest BCUT2D eigenvalue weighted by Crippen LogP contribution is 2.35. The average molecular weight is 204 g/mol. The molecule has 1 rings (SSSR count). The van der Waals surface area contributed by atoms with E-state index in [9.17, 15) is 13.2 Å². The summed E-state index contributed by atoms with van der Waals surface area (Å²) in [5.41, 5.74) is -0.130. The summed E-state index contributed by atoms with van der Waals surface area (Å²) >= 11 is 0. The quantitative estimate of drug-likeness (QED) is 0.745. The van der Waals surface area contributed by atoms with Gasteiger partial charge in [-0.3, -0.25) is 0 Å². The van der Waals surface area contributed by atoms with Crippen molar-refractivity contribution in [3.63, 3.8) is 0 Å². The molecular weight excluding hydrogens is 193 g/mol. The number of hydrogen-bond acceptors (Lipinski definition) is 1. The summed E-state index contributed by atoms with van der Waals surface area (Å²) in [6, 6.07) is 2.99. The second-order valence-electron chi connectivity index (χ2n) is 3.21. The lowest BCUT2D eigenvalue weighted by Gasteiger charge is -2.16. The molecule has 0 aliphatic heterocycles. The van der Waals surface area contributed by atoms with Gasteiger partial charge in [0.25, 0.3) is 0 Å². The van der Waals surface area contributed by atoms with Crippen molar-refractivity contribution in [2.75, 3.05) is 0 Å². The van der Waals surface area contributed by atoms with Crippen molar-refractivity contribution in [2.45, 2.75) is 26.6 Å². The molecule has 78 valence electrons. The normalized spacial score (nSPS) is 11.9. The van der Waals surface area contributed by atoms with Crippen LogP contribution in [-0.4, -0.2) is 5.11 Å². The topological polar surface area (TPSA) is 20.2 Å². The minimum absolute atomic E-state index is 0.0301. The van der Waals surface area contributed by atoms with Crippen LogP contribution in [0.4, 0.5) is 13.2 Å². The van der Waals surface area contributed by atoms with Crippen LogP contribution < -0.4 is 0 Å². The van der Waals surface area contributed by atoms with Crippen LogP contribution in [0.1, 0.15) is 22.3 Å². The average Bonchev–Trinajstić information content (AvgIpc) is 2.06. The summed E-state index contributed by atoms with van der Waals surface area (Å²) < 4.78 is 37.7. The lowest BCUT2D eigenvalue weighted by atomic mass is 9.97. The molecule has 0 aromatic heterocycles. The van der Waals surface area contributed by atoms with Crippen molar-refractivity contribution in [2.24, 2.45) is 0 Å². The fraction of sp³-hybridized carbons (Fsp3) is 0.400. The third-order valence-electron chi connectivity index (χ3n) is 2.20. The standard InChI is InChI=1S/C10H11F3O/c1-6-3-4-7(2)9(8(6)5-14)10(11,12)13/h3-4,14H,5H2,1-2H3. The zero-order valence-corrected chi connectivity index (χ0v) is 7.94. The fourth-order valence-corrected chi connectivity index (χ4v) is 1.47. The predicted molar refractivity (Wildman–Crippen MR) is 46.8 cm³/mol. The van der Waals surface area contributed by atoms with Gasteiger partial charge in [-0.05, 0) is 30.5 Å². The number of hydrogen-bond donors (Lipinski definition) is 1. The van der Waals surface area contributed by atoms with Crippen LogP contribution >= 0.6 is 0 Å². The molecule has 0 aliphatic carbocycles. The smallest absolute Gasteiger partial charge is 0.392 e. The van der Waals surface area contributed by atoms with Gasteiger partial charge in [-0.25, -0.2) is 0 Å². The van der Waals surface area contributed by atoms with Crippen molar-refractivity contribution in [1.82, 2.24) is 0 Å². The minimum atomic E-state index is -4.39. The molecular formula is C10H11F3O. The summed E-state index contributed by atoms with van der Waals surface area (Å²) in [6.45, 7) is 2.37. The van der Waals surface area contributed by atoms with E-state index in [4.69, 9.17) is 5.11 Å². The number of aliphatic hydroxyl groups is 1. The second kappa shape index (κ2) is 3.61. The zero-order chi connectivity index (χ0) is 10.9. The van der Waals surface area contributed by atoms with Crippen LogP contribution in [0.5, 0.6) is 0 Å². The van der Waals surface area contributed by atoms with Crippen LogP contribution in [-0.2, 0) is 12.8 Å². The summed E-state index contributed by atoms with van der Waals surface area (Å²) in [5.74, 6) is 0. The lowest BCUT2D eigenvalue weighted by molar-refractivity contribution is -0.139. The van der Waals surface area contributed by atoms with Crippen molar-refractivity contribution in [3.05, 3.63) is 34.4 Å². The highest BCUT2D eigenvalue weighted by Gasteiger charge is 2.35. The molecule has 0 unspecified atom stereocenters. The van der Waals surface area contributed by atoms with E-state index in [1.165, 1.54) is 13.0 Å². The molecule has 0 saturated carbocycles. The Balaban J connectivity index is 3.46. The van der Waals surface area contributed by atoms with Crippen LogP contribution in [0.15, 0.2) is 12.1 Å². The minimum Gasteiger partial charge on any atom is -0.392 e. The molecule has 1 aromatic rings. The van der Waals surface area contributed by atoms with Gasteiger partial charge >= 0.3 is 6.18 Å². The van der Waals surface area contributed by atoms with E-state index in [0.29, 0.717) is 5.56 Å². The van der Waals surface area contributed by atoms with Gasteiger partial charge in [0.2, 0.25) is 0 Å². The maximum Gasteiger partial charge on any atom is 0.417 e. The van der Waals surface area contributed by atoms with Gasteiger partial charge in [0, 0.05) is 0 Å². The van der Waals surface area contributed by atoms with E-state index in [-0.39, 0.29) is 11.1 Å². The Morgan fingerprint density at radius 1 is 1.14 bits per heavy atom. The molecule has 4 heteroatoms. The molecule has 0 amide bonds. The Labute approximate surface area is 80.2 Å². The third kappa shape index (κ3) is 1.90.